The third-order valence-electron chi connectivity index (χ3n) is 2.40. The summed E-state index contributed by atoms with van der Waals surface area (Å²) in [6.07, 6.45) is 2.45. The number of phenols is 1. The number of hydrogen-bond acceptors (Lipinski definition) is 3. The van der Waals surface area contributed by atoms with Gasteiger partial charge in [-0.25, -0.2) is 0 Å². The number of anilines is 1. The van der Waals surface area contributed by atoms with Crippen molar-refractivity contribution in [3.05, 3.63) is 46.5 Å². The van der Waals surface area contributed by atoms with E-state index in [0.717, 1.165) is 5.69 Å². The molecule has 0 atom stereocenters. The zero-order valence-electron chi connectivity index (χ0n) is 8.77. The molecule has 3 N–H and O–H groups in total. The largest absolute Gasteiger partial charge is 0.508 e. The number of aromatic hydroxyl groups is 1. The van der Waals surface area contributed by atoms with Gasteiger partial charge >= 0.3 is 0 Å². The molecule has 0 bridgehead atoms. The second-order valence-corrected chi connectivity index (χ2v) is 4.60. The predicted octanol–water partition coefficient (Wildman–Crippen LogP) is 2.79. The Labute approximate surface area is 109 Å². The Morgan fingerprint density at radius 2 is 1.53 bits per heavy atom. The topological polar surface area (TPSA) is 52.5 Å². The van der Waals surface area contributed by atoms with E-state index in [2.05, 4.69) is 5.32 Å². The first kappa shape index (κ1) is 12.3. The number of benzene rings is 1. The van der Waals surface area contributed by atoms with Crippen LogP contribution < -0.4 is 5.32 Å². The third kappa shape index (κ3) is 2.94. The fourth-order valence-corrected chi connectivity index (χ4v) is 2.10. The Bertz CT molecular complexity index is 448. The Morgan fingerprint density at radius 3 is 2.06 bits per heavy atom. The van der Waals surface area contributed by atoms with E-state index in [1.165, 1.54) is 0 Å². The number of phenolic OH excluding ortho intramolecular Hbond substituents is 1. The average Bonchev–Trinajstić information content (AvgIpc) is 2.29. The van der Waals surface area contributed by atoms with E-state index in [-0.39, 0.29) is 11.8 Å². The van der Waals surface area contributed by atoms with E-state index < -0.39 is 6.10 Å². The van der Waals surface area contributed by atoms with E-state index in [1.807, 2.05) is 0 Å². The van der Waals surface area contributed by atoms with Crippen LogP contribution in [0.4, 0.5) is 5.69 Å². The minimum Gasteiger partial charge on any atom is -0.508 e. The molecule has 0 fully saturated rings. The predicted molar refractivity (Wildman–Crippen MR) is 69.4 cm³/mol. The smallest absolute Gasteiger partial charge is 0.125 e. The van der Waals surface area contributed by atoms with Gasteiger partial charge in [-0.15, -0.1) is 0 Å². The molecule has 1 aliphatic carbocycles. The molecule has 0 saturated carbocycles. The summed E-state index contributed by atoms with van der Waals surface area (Å²) in [6, 6.07) is 6.46. The summed E-state index contributed by atoms with van der Waals surface area (Å²) in [5.74, 6) is 0.205. The lowest BCUT2D eigenvalue weighted by Crippen LogP contribution is -2.22. The molecular formula is C12H11Cl2NO2. The summed E-state index contributed by atoms with van der Waals surface area (Å²) in [7, 11) is 0. The van der Waals surface area contributed by atoms with Crippen LogP contribution in [-0.4, -0.2) is 22.4 Å². The summed E-state index contributed by atoms with van der Waals surface area (Å²) in [5, 5.41) is 22.4. The highest BCUT2D eigenvalue weighted by Gasteiger charge is 2.20. The number of rotatable bonds is 2. The number of nitrogens with one attached hydrogen (secondary N) is 1. The van der Waals surface area contributed by atoms with Crippen LogP contribution in [0.15, 0.2) is 46.5 Å². The summed E-state index contributed by atoms with van der Waals surface area (Å²) >= 11 is 11.7. The molecular weight excluding hydrogens is 261 g/mol. The van der Waals surface area contributed by atoms with Gasteiger partial charge < -0.3 is 15.5 Å². The Kier molecular flexibility index (Phi) is 3.62. The fraction of sp³-hybridized carbons (Fsp3) is 0.167. The number of halogens is 2. The van der Waals surface area contributed by atoms with Crippen molar-refractivity contribution >= 4 is 28.9 Å². The van der Waals surface area contributed by atoms with Crippen LogP contribution in [0.25, 0.3) is 0 Å². The monoisotopic (exact) mass is 271 g/mol. The van der Waals surface area contributed by atoms with Crippen LogP contribution in [0, 0.1) is 0 Å². The van der Waals surface area contributed by atoms with Gasteiger partial charge in [0.05, 0.1) is 16.1 Å². The van der Waals surface area contributed by atoms with Gasteiger partial charge in [-0.05, 0) is 36.4 Å². The summed E-state index contributed by atoms with van der Waals surface area (Å²) in [4.78, 5) is 0. The average molecular weight is 272 g/mol. The molecule has 0 aliphatic heterocycles. The van der Waals surface area contributed by atoms with E-state index in [4.69, 9.17) is 28.3 Å². The van der Waals surface area contributed by atoms with Crippen LogP contribution in [0.2, 0.25) is 0 Å². The minimum absolute atomic E-state index is 0.178. The van der Waals surface area contributed by atoms with Crippen molar-refractivity contribution in [1.82, 2.24) is 0 Å². The molecule has 2 rings (SSSR count). The summed E-state index contributed by atoms with van der Waals surface area (Å²) in [6.45, 7) is 0. The molecule has 90 valence electrons. The van der Waals surface area contributed by atoms with Crippen molar-refractivity contribution in [2.75, 3.05) is 5.32 Å². The van der Waals surface area contributed by atoms with Gasteiger partial charge in [-0.3, -0.25) is 0 Å². The highest BCUT2D eigenvalue weighted by molar-refractivity contribution is 6.35. The zero-order chi connectivity index (χ0) is 12.4. The van der Waals surface area contributed by atoms with Crippen molar-refractivity contribution in [1.29, 1.82) is 0 Å². The van der Waals surface area contributed by atoms with Gasteiger partial charge in [0.2, 0.25) is 0 Å². The molecule has 1 aromatic carbocycles. The second kappa shape index (κ2) is 5.00. The molecule has 1 aromatic rings. The molecule has 0 saturated heterocycles. The SMILES string of the molecule is Oc1ccc(NC2C=C(Cl)C(O)C(Cl)=C2)cc1. The number of hydrogen-bond donors (Lipinski definition) is 3. The Morgan fingerprint density at radius 1 is 1.00 bits per heavy atom. The summed E-state index contributed by atoms with van der Waals surface area (Å²) < 4.78 is 0. The van der Waals surface area contributed by atoms with Gasteiger partial charge in [0, 0.05) is 5.69 Å². The normalized spacial score (nSPS) is 23.9. The first-order valence-electron chi connectivity index (χ1n) is 5.04. The van der Waals surface area contributed by atoms with Crippen molar-refractivity contribution in [2.24, 2.45) is 0 Å². The highest BCUT2D eigenvalue weighted by Crippen LogP contribution is 2.26. The van der Waals surface area contributed by atoms with Crippen LogP contribution in [0.1, 0.15) is 0 Å². The van der Waals surface area contributed by atoms with Crippen LogP contribution in [0.3, 0.4) is 0 Å². The van der Waals surface area contributed by atoms with Gasteiger partial charge in [-0.1, -0.05) is 23.2 Å². The molecule has 5 heteroatoms. The second-order valence-electron chi connectivity index (χ2n) is 3.72. The molecule has 1 aliphatic rings. The van der Waals surface area contributed by atoms with Crippen molar-refractivity contribution in [3.8, 4) is 5.75 Å². The standard InChI is InChI=1S/C12H11Cl2NO2/c13-10-5-8(6-11(14)12(10)17)15-7-1-3-9(16)4-2-7/h1-6,8,12,15-17H. The fourth-order valence-electron chi connectivity index (χ4n) is 1.54. The lowest BCUT2D eigenvalue weighted by Gasteiger charge is -2.21. The van der Waals surface area contributed by atoms with Gasteiger partial charge in [0.1, 0.15) is 11.9 Å². The van der Waals surface area contributed by atoms with Gasteiger partial charge in [0.15, 0.2) is 0 Å². The van der Waals surface area contributed by atoms with Crippen molar-refractivity contribution in [3.63, 3.8) is 0 Å². The molecule has 17 heavy (non-hydrogen) atoms. The van der Waals surface area contributed by atoms with E-state index in [1.54, 1.807) is 36.4 Å². The number of aliphatic hydroxyl groups excluding tert-OH is 1. The quantitative estimate of drug-likeness (QED) is 0.725. The highest BCUT2D eigenvalue weighted by atomic mass is 35.5. The lowest BCUT2D eigenvalue weighted by atomic mass is 10.1. The van der Waals surface area contributed by atoms with E-state index in [0.29, 0.717) is 10.1 Å². The third-order valence-corrected chi connectivity index (χ3v) is 3.07. The van der Waals surface area contributed by atoms with Crippen LogP contribution in [0.5, 0.6) is 5.75 Å². The minimum atomic E-state index is -0.920. The van der Waals surface area contributed by atoms with Crippen molar-refractivity contribution in [2.45, 2.75) is 12.1 Å². The zero-order valence-corrected chi connectivity index (χ0v) is 10.3. The maximum atomic E-state index is 9.51. The molecule has 0 radical (unpaired) electrons. The first-order chi connectivity index (χ1) is 8.06. The number of aliphatic hydroxyl groups is 1. The maximum Gasteiger partial charge on any atom is 0.125 e. The molecule has 0 heterocycles. The molecule has 0 unspecified atom stereocenters. The van der Waals surface area contributed by atoms with Gasteiger partial charge in [-0.2, -0.15) is 0 Å². The van der Waals surface area contributed by atoms with E-state index >= 15 is 0 Å². The molecule has 0 aromatic heterocycles. The van der Waals surface area contributed by atoms with E-state index in [9.17, 15) is 5.11 Å². The van der Waals surface area contributed by atoms with Gasteiger partial charge in [0.25, 0.3) is 0 Å². The Hall–Kier alpha value is -1.16. The Balaban J connectivity index is 2.12. The van der Waals surface area contributed by atoms with Crippen LogP contribution in [-0.2, 0) is 0 Å². The summed E-state index contributed by atoms with van der Waals surface area (Å²) in [5.41, 5.74) is 0.825. The molecule has 3 nitrogen and oxygen atoms in total. The maximum absolute atomic E-state index is 9.51. The van der Waals surface area contributed by atoms with Crippen molar-refractivity contribution < 1.29 is 10.2 Å². The molecule has 0 spiro atoms. The molecule has 0 amide bonds. The van der Waals surface area contributed by atoms with Crippen LogP contribution >= 0.6 is 23.2 Å². The first-order valence-corrected chi connectivity index (χ1v) is 5.80. The lowest BCUT2D eigenvalue weighted by molar-refractivity contribution is 0.260.